The predicted octanol–water partition coefficient (Wildman–Crippen LogP) is 3.47. The average molecular weight is 325 g/mol. The van der Waals surface area contributed by atoms with Crippen molar-refractivity contribution in [2.24, 2.45) is 0 Å². The predicted molar refractivity (Wildman–Crippen MR) is 88.6 cm³/mol. The summed E-state index contributed by atoms with van der Waals surface area (Å²) in [5.74, 6) is 0.840. The monoisotopic (exact) mass is 325 g/mol. The summed E-state index contributed by atoms with van der Waals surface area (Å²) in [6.07, 6.45) is 9.25. The molecule has 7 nitrogen and oxygen atoms in total. The molecule has 0 saturated carbocycles. The van der Waals surface area contributed by atoms with Crippen LogP contribution in [0, 0.1) is 0 Å². The van der Waals surface area contributed by atoms with Gasteiger partial charge in [0.25, 0.3) is 0 Å². The molecule has 0 spiro atoms. The van der Waals surface area contributed by atoms with Crippen molar-refractivity contribution in [3.05, 3.63) is 48.8 Å². The molecule has 1 aliphatic heterocycles. The first-order chi connectivity index (χ1) is 11.8. The SMILES string of the molecule is O=C(Nc1cccn2cnnc12)N1CCCCC[C@@H]1c1ccco1. The number of anilines is 1. The van der Waals surface area contributed by atoms with E-state index in [1.165, 1.54) is 0 Å². The number of hydrogen-bond donors (Lipinski definition) is 1. The zero-order valence-electron chi connectivity index (χ0n) is 13.3. The number of nitrogens with zero attached hydrogens (tertiary/aromatic N) is 4. The van der Waals surface area contributed by atoms with Crippen LogP contribution in [0.4, 0.5) is 10.5 Å². The first kappa shape index (κ1) is 14.7. The summed E-state index contributed by atoms with van der Waals surface area (Å²) < 4.78 is 7.35. The van der Waals surface area contributed by atoms with E-state index in [2.05, 4.69) is 15.5 Å². The fraction of sp³-hybridized carbons (Fsp3) is 0.353. The molecule has 1 fully saturated rings. The van der Waals surface area contributed by atoms with Gasteiger partial charge in [0.1, 0.15) is 12.1 Å². The largest absolute Gasteiger partial charge is 0.467 e. The third-order valence-corrected chi connectivity index (χ3v) is 4.45. The summed E-state index contributed by atoms with van der Waals surface area (Å²) in [6, 6.07) is 7.34. The lowest BCUT2D eigenvalue weighted by Gasteiger charge is -2.28. The normalized spacial score (nSPS) is 18.5. The molecular weight excluding hydrogens is 306 g/mol. The molecule has 24 heavy (non-hydrogen) atoms. The van der Waals surface area contributed by atoms with Gasteiger partial charge in [0.2, 0.25) is 0 Å². The van der Waals surface area contributed by atoms with E-state index >= 15 is 0 Å². The highest BCUT2D eigenvalue weighted by molar-refractivity contribution is 5.93. The van der Waals surface area contributed by atoms with Gasteiger partial charge in [-0.05, 0) is 37.1 Å². The topological polar surface area (TPSA) is 75.7 Å². The number of rotatable bonds is 2. The first-order valence-corrected chi connectivity index (χ1v) is 8.22. The Labute approximate surface area is 139 Å². The minimum atomic E-state index is -0.130. The van der Waals surface area contributed by atoms with Gasteiger partial charge in [-0.3, -0.25) is 4.40 Å². The third-order valence-electron chi connectivity index (χ3n) is 4.45. The number of nitrogens with one attached hydrogen (secondary N) is 1. The highest BCUT2D eigenvalue weighted by Crippen LogP contribution is 2.31. The second kappa shape index (κ2) is 6.35. The second-order valence-electron chi connectivity index (χ2n) is 5.99. The lowest BCUT2D eigenvalue weighted by molar-refractivity contribution is 0.179. The van der Waals surface area contributed by atoms with Gasteiger partial charge in [0, 0.05) is 12.7 Å². The molecule has 0 bridgehead atoms. The average Bonchev–Trinajstić information content (AvgIpc) is 3.23. The van der Waals surface area contributed by atoms with Gasteiger partial charge in [-0.1, -0.05) is 12.8 Å². The summed E-state index contributed by atoms with van der Waals surface area (Å²) in [5, 5.41) is 10.9. The molecule has 0 unspecified atom stereocenters. The summed E-state index contributed by atoms with van der Waals surface area (Å²) in [6.45, 7) is 0.715. The number of aromatic nitrogens is 3. The number of likely N-dealkylation sites (tertiary alicyclic amines) is 1. The maximum Gasteiger partial charge on any atom is 0.322 e. The molecule has 3 aromatic heterocycles. The number of pyridine rings is 1. The van der Waals surface area contributed by atoms with E-state index in [1.807, 2.05) is 35.4 Å². The Morgan fingerprint density at radius 1 is 1.25 bits per heavy atom. The summed E-state index contributed by atoms with van der Waals surface area (Å²) >= 11 is 0. The lowest BCUT2D eigenvalue weighted by atomic mass is 10.1. The number of carbonyl (C=O) groups is 1. The molecule has 0 radical (unpaired) electrons. The Bertz CT molecular complexity index is 827. The zero-order chi connectivity index (χ0) is 16.4. The molecule has 0 aliphatic carbocycles. The molecule has 1 atom stereocenters. The van der Waals surface area contributed by atoms with Gasteiger partial charge < -0.3 is 14.6 Å². The zero-order valence-corrected chi connectivity index (χ0v) is 13.3. The fourth-order valence-electron chi connectivity index (χ4n) is 3.26. The fourth-order valence-corrected chi connectivity index (χ4v) is 3.26. The summed E-state index contributed by atoms with van der Waals surface area (Å²) in [4.78, 5) is 14.8. The van der Waals surface area contributed by atoms with Gasteiger partial charge in [0.15, 0.2) is 5.65 Å². The van der Waals surface area contributed by atoms with Crippen LogP contribution in [0.1, 0.15) is 37.5 Å². The van der Waals surface area contributed by atoms with E-state index in [0.717, 1.165) is 31.4 Å². The van der Waals surface area contributed by atoms with Crippen molar-refractivity contribution in [2.75, 3.05) is 11.9 Å². The summed E-state index contributed by atoms with van der Waals surface area (Å²) in [7, 11) is 0. The van der Waals surface area contributed by atoms with Crippen LogP contribution < -0.4 is 5.32 Å². The van der Waals surface area contributed by atoms with Crippen LogP contribution in [0.2, 0.25) is 0 Å². The molecule has 124 valence electrons. The minimum Gasteiger partial charge on any atom is -0.467 e. The Morgan fingerprint density at radius 2 is 2.21 bits per heavy atom. The van der Waals surface area contributed by atoms with Crippen LogP contribution in [0.15, 0.2) is 47.5 Å². The molecule has 1 saturated heterocycles. The van der Waals surface area contributed by atoms with E-state index in [0.29, 0.717) is 17.9 Å². The van der Waals surface area contributed by atoms with Crippen molar-refractivity contribution in [1.29, 1.82) is 0 Å². The maximum absolute atomic E-state index is 12.9. The Kier molecular flexibility index (Phi) is 3.90. The molecule has 2 amide bonds. The third kappa shape index (κ3) is 2.73. The van der Waals surface area contributed by atoms with Crippen molar-refractivity contribution < 1.29 is 9.21 Å². The molecule has 4 heterocycles. The van der Waals surface area contributed by atoms with Gasteiger partial charge in [-0.2, -0.15) is 0 Å². The van der Waals surface area contributed by atoms with E-state index < -0.39 is 0 Å². The number of amides is 2. The molecule has 0 aromatic carbocycles. The lowest BCUT2D eigenvalue weighted by Crippen LogP contribution is -2.38. The van der Waals surface area contributed by atoms with Gasteiger partial charge in [-0.25, -0.2) is 4.79 Å². The highest BCUT2D eigenvalue weighted by Gasteiger charge is 2.29. The molecule has 1 N–H and O–H groups in total. The van der Waals surface area contributed by atoms with Gasteiger partial charge in [0.05, 0.1) is 18.0 Å². The van der Waals surface area contributed by atoms with Crippen LogP contribution in [-0.2, 0) is 0 Å². The van der Waals surface area contributed by atoms with E-state index in [1.54, 1.807) is 17.0 Å². The van der Waals surface area contributed by atoms with E-state index in [4.69, 9.17) is 4.42 Å². The van der Waals surface area contributed by atoms with E-state index in [9.17, 15) is 4.79 Å². The smallest absolute Gasteiger partial charge is 0.322 e. The first-order valence-electron chi connectivity index (χ1n) is 8.22. The van der Waals surface area contributed by atoms with Crippen LogP contribution in [-0.4, -0.2) is 32.1 Å². The maximum atomic E-state index is 12.9. The molecule has 7 heteroatoms. The Hall–Kier alpha value is -2.83. The quantitative estimate of drug-likeness (QED) is 0.783. The summed E-state index contributed by atoms with van der Waals surface area (Å²) in [5.41, 5.74) is 1.29. The Morgan fingerprint density at radius 3 is 3.08 bits per heavy atom. The Balaban J connectivity index is 1.60. The van der Waals surface area contributed by atoms with E-state index in [-0.39, 0.29) is 12.1 Å². The van der Waals surface area contributed by atoms with Crippen LogP contribution in [0.25, 0.3) is 5.65 Å². The van der Waals surface area contributed by atoms with Gasteiger partial charge in [-0.15, -0.1) is 10.2 Å². The molecule has 3 aromatic rings. The van der Waals surface area contributed by atoms with Crippen molar-refractivity contribution >= 4 is 17.4 Å². The molecular formula is C17H19N5O2. The van der Waals surface area contributed by atoms with Crippen LogP contribution in [0.5, 0.6) is 0 Å². The highest BCUT2D eigenvalue weighted by atomic mass is 16.3. The van der Waals surface area contributed by atoms with Crippen LogP contribution in [0.3, 0.4) is 0 Å². The second-order valence-corrected chi connectivity index (χ2v) is 5.99. The van der Waals surface area contributed by atoms with Crippen molar-refractivity contribution in [1.82, 2.24) is 19.5 Å². The molecule has 4 rings (SSSR count). The number of furan rings is 1. The van der Waals surface area contributed by atoms with Gasteiger partial charge >= 0.3 is 6.03 Å². The van der Waals surface area contributed by atoms with Crippen molar-refractivity contribution in [3.8, 4) is 0 Å². The number of urea groups is 1. The van der Waals surface area contributed by atoms with Crippen LogP contribution >= 0.6 is 0 Å². The standard InChI is InChI=1S/C17H19N5O2/c23-17(19-13-6-4-9-21-12-18-20-16(13)21)22-10-3-1-2-7-14(22)15-8-5-11-24-15/h4-6,8-9,11-12,14H,1-3,7,10H2,(H,19,23)/t14-/m1/s1. The number of carbonyl (C=O) groups excluding carboxylic acids is 1. The number of fused-ring (bicyclic) bond motifs is 1. The minimum absolute atomic E-state index is 0.0277. The van der Waals surface area contributed by atoms with Crippen molar-refractivity contribution in [2.45, 2.75) is 31.7 Å². The number of hydrogen-bond acceptors (Lipinski definition) is 4. The molecule has 1 aliphatic rings. The van der Waals surface area contributed by atoms with Crippen molar-refractivity contribution in [3.63, 3.8) is 0 Å².